The Hall–Kier alpha value is -3.67. The first kappa shape index (κ1) is 25.0. The number of aryl methyl sites for hydroxylation is 1. The van der Waals surface area contributed by atoms with E-state index in [4.69, 9.17) is 4.74 Å². The summed E-state index contributed by atoms with van der Waals surface area (Å²) in [4.78, 5) is 28.2. The van der Waals surface area contributed by atoms with Gasteiger partial charge in [0.25, 0.3) is 5.91 Å². The summed E-state index contributed by atoms with van der Waals surface area (Å²) in [7, 11) is 0. The molecule has 6 heteroatoms. The first-order chi connectivity index (χ1) is 16.5. The van der Waals surface area contributed by atoms with E-state index in [0.717, 1.165) is 23.1 Å². The van der Waals surface area contributed by atoms with Crippen LogP contribution in [0, 0.1) is 12.7 Å². The number of amides is 2. The zero-order valence-electron chi connectivity index (χ0n) is 19.7. The summed E-state index contributed by atoms with van der Waals surface area (Å²) in [5.41, 5.74) is 2.96. The number of carbonyl (C=O) groups excluding carboxylic acids is 2. The Labute approximate surface area is 200 Å². The predicted octanol–water partition coefficient (Wildman–Crippen LogP) is 4.68. The van der Waals surface area contributed by atoms with Gasteiger partial charge in [-0.15, -0.1) is 0 Å². The summed E-state index contributed by atoms with van der Waals surface area (Å²) in [5.74, 6) is -0.512. The van der Waals surface area contributed by atoms with Crippen LogP contribution in [0.1, 0.15) is 30.0 Å². The molecule has 34 heavy (non-hydrogen) atoms. The van der Waals surface area contributed by atoms with Crippen LogP contribution in [-0.2, 0) is 22.6 Å². The lowest BCUT2D eigenvalue weighted by Gasteiger charge is -2.31. The van der Waals surface area contributed by atoms with Crippen LogP contribution < -0.4 is 10.1 Å². The second-order valence-corrected chi connectivity index (χ2v) is 8.25. The minimum absolute atomic E-state index is 0.200. The average Bonchev–Trinajstić information content (AvgIpc) is 2.85. The van der Waals surface area contributed by atoms with E-state index >= 15 is 0 Å². The van der Waals surface area contributed by atoms with Gasteiger partial charge >= 0.3 is 0 Å². The maximum Gasteiger partial charge on any atom is 0.261 e. The molecule has 0 aliphatic rings. The Morgan fingerprint density at radius 2 is 1.68 bits per heavy atom. The number of carbonyl (C=O) groups is 2. The molecule has 0 fully saturated rings. The number of ether oxygens (including phenoxy) is 1. The third-order valence-electron chi connectivity index (χ3n) is 5.43. The zero-order valence-corrected chi connectivity index (χ0v) is 19.7. The summed E-state index contributed by atoms with van der Waals surface area (Å²) in [5, 5.41) is 2.95. The summed E-state index contributed by atoms with van der Waals surface area (Å²) >= 11 is 0. The van der Waals surface area contributed by atoms with Gasteiger partial charge in [-0.25, -0.2) is 4.39 Å². The van der Waals surface area contributed by atoms with Crippen molar-refractivity contribution in [3.63, 3.8) is 0 Å². The number of rotatable bonds is 11. The van der Waals surface area contributed by atoms with Gasteiger partial charge < -0.3 is 15.0 Å². The molecule has 0 aromatic heterocycles. The van der Waals surface area contributed by atoms with Crippen molar-refractivity contribution in [1.82, 2.24) is 10.2 Å². The highest BCUT2D eigenvalue weighted by atomic mass is 19.1. The fourth-order valence-corrected chi connectivity index (χ4v) is 3.69. The number of nitrogens with zero attached hydrogens (tertiary/aromatic N) is 1. The lowest BCUT2D eigenvalue weighted by molar-refractivity contribution is -0.142. The quantitative estimate of drug-likeness (QED) is 0.450. The Balaban J connectivity index is 1.88. The van der Waals surface area contributed by atoms with E-state index in [1.807, 2.05) is 68.4 Å². The predicted molar refractivity (Wildman–Crippen MR) is 131 cm³/mol. The van der Waals surface area contributed by atoms with E-state index in [1.165, 1.54) is 24.3 Å². The summed E-state index contributed by atoms with van der Waals surface area (Å²) in [6.45, 7) is 4.51. The van der Waals surface area contributed by atoms with Gasteiger partial charge in [0.05, 0.1) is 0 Å². The van der Waals surface area contributed by atoms with E-state index in [0.29, 0.717) is 18.7 Å². The van der Waals surface area contributed by atoms with Crippen molar-refractivity contribution in [2.75, 3.05) is 13.2 Å². The van der Waals surface area contributed by atoms with Crippen molar-refractivity contribution in [3.8, 4) is 5.75 Å². The standard InChI is InChI=1S/C28H31FN2O3/c1-3-16-30-28(33)26(18-22-9-5-4-6-10-22)31(19-23-11-7-8-21(2)17-23)27(32)20-34-25-14-12-24(29)13-15-25/h4-15,17,26H,3,16,18-20H2,1-2H3,(H,30,33). The lowest BCUT2D eigenvalue weighted by Crippen LogP contribution is -2.51. The maximum atomic E-state index is 13.4. The molecule has 0 aliphatic heterocycles. The number of benzene rings is 3. The van der Waals surface area contributed by atoms with Crippen LogP contribution in [0.2, 0.25) is 0 Å². The molecule has 0 saturated carbocycles. The Morgan fingerprint density at radius 1 is 0.971 bits per heavy atom. The fraction of sp³-hybridized carbons (Fsp3) is 0.286. The molecule has 5 nitrogen and oxygen atoms in total. The monoisotopic (exact) mass is 462 g/mol. The van der Waals surface area contributed by atoms with Crippen LogP contribution in [-0.4, -0.2) is 35.9 Å². The molecule has 1 unspecified atom stereocenters. The van der Waals surface area contributed by atoms with E-state index < -0.39 is 6.04 Å². The third-order valence-corrected chi connectivity index (χ3v) is 5.43. The molecular weight excluding hydrogens is 431 g/mol. The molecule has 0 spiro atoms. The van der Waals surface area contributed by atoms with E-state index in [2.05, 4.69) is 5.32 Å². The van der Waals surface area contributed by atoms with Crippen LogP contribution in [0.15, 0.2) is 78.9 Å². The first-order valence-electron chi connectivity index (χ1n) is 11.5. The van der Waals surface area contributed by atoms with Gasteiger partial charge in [0.1, 0.15) is 17.6 Å². The summed E-state index contributed by atoms with van der Waals surface area (Å²) < 4.78 is 18.9. The van der Waals surface area contributed by atoms with Crippen LogP contribution in [0.3, 0.4) is 0 Å². The minimum atomic E-state index is -0.709. The Morgan fingerprint density at radius 3 is 2.35 bits per heavy atom. The van der Waals surface area contributed by atoms with Crippen molar-refractivity contribution in [1.29, 1.82) is 0 Å². The molecule has 3 aromatic carbocycles. The van der Waals surface area contributed by atoms with Gasteiger partial charge in [0.2, 0.25) is 5.91 Å². The maximum absolute atomic E-state index is 13.4. The SMILES string of the molecule is CCCNC(=O)C(Cc1ccccc1)N(Cc1cccc(C)c1)C(=O)COc1ccc(F)cc1. The van der Waals surface area contributed by atoms with Crippen LogP contribution >= 0.6 is 0 Å². The van der Waals surface area contributed by atoms with Crippen molar-refractivity contribution in [2.45, 2.75) is 39.3 Å². The van der Waals surface area contributed by atoms with Gasteiger partial charge in [-0.2, -0.15) is 0 Å². The molecule has 0 heterocycles. The Bertz CT molecular complexity index is 1070. The largest absolute Gasteiger partial charge is 0.484 e. The summed E-state index contributed by atoms with van der Waals surface area (Å²) in [6.07, 6.45) is 1.17. The third kappa shape index (κ3) is 7.44. The van der Waals surface area contributed by atoms with E-state index in [-0.39, 0.29) is 30.8 Å². The van der Waals surface area contributed by atoms with Crippen LogP contribution in [0.5, 0.6) is 5.75 Å². The molecule has 1 N–H and O–H groups in total. The zero-order chi connectivity index (χ0) is 24.3. The fourth-order valence-electron chi connectivity index (χ4n) is 3.69. The molecule has 3 rings (SSSR count). The molecular formula is C28H31FN2O3. The first-order valence-corrected chi connectivity index (χ1v) is 11.5. The van der Waals surface area contributed by atoms with E-state index in [9.17, 15) is 14.0 Å². The molecule has 0 bridgehead atoms. The van der Waals surface area contributed by atoms with Gasteiger partial charge in [0.15, 0.2) is 6.61 Å². The normalized spacial score (nSPS) is 11.5. The van der Waals surface area contributed by atoms with Crippen molar-refractivity contribution in [2.24, 2.45) is 0 Å². The van der Waals surface area contributed by atoms with Gasteiger partial charge in [0, 0.05) is 19.5 Å². The van der Waals surface area contributed by atoms with Crippen molar-refractivity contribution >= 4 is 11.8 Å². The second kappa shape index (κ2) is 12.5. The molecule has 0 saturated heterocycles. The van der Waals surface area contributed by atoms with Crippen LogP contribution in [0.25, 0.3) is 0 Å². The smallest absolute Gasteiger partial charge is 0.261 e. The molecule has 178 valence electrons. The van der Waals surface area contributed by atoms with E-state index in [1.54, 1.807) is 4.90 Å². The van der Waals surface area contributed by atoms with Crippen molar-refractivity contribution in [3.05, 3.63) is 101 Å². The average molecular weight is 463 g/mol. The molecule has 3 aromatic rings. The van der Waals surface area contributed by atoms with Gasteiger partial charge in [-0.05, 0) is 48.7 Å². The van der Waals surface area contributed by atoms with Gasteiger partial charge in [-0.3, -0.25) is 9.59 Å². The van der Waals surface area contributed by atoms with Gasteiger partial charge in [-0.1, -0.05) is 67.1 Å². The summed E-state index contributed by atoms with van der Waals surface area (Å²) in [6, 6.07) is 22.3. The topological polar surface area (TPSA) is 58.6 Å². The second-order valence-electron chi connectivity index (χ2n) is 8.25. The van der Waals surface area contributed by atoms with Crippen LogP contribution in [0.4, 0.5) is 4.39 Å². The molecule has 2 amide bonds. The number of halogens is 1. The molecule has 1 atom stereocenters. The highest BCUT2D eigenvalue weighted by molar-refractivity contribution is 5.88. The highest BCUT2D eigenvalue weighted by Crippen LogP contribution is 2.17. The molecule has 0 radical (unpaired) electrons. The number of hydrogen-bond donors (Lipinski definition) is 1. The number of nitrogens with one attached hydrogen (secondary N) is 1. The Kier molecular flexibility index (Phi) is 9.21. The van der Waals surface area contributed by atoms with Crippen molar-refractivity contribution < 1.29 is 18.7 Å². The number of hydrogen-bond acceptors (Lipinski definition) is 3. The minimum Gasteiger partial charge on any atom is -0.484 e. The molecule has 0 aliphatic carbocycles. The lowest BCUT2D eigenvalue weighted by atomic mass is 10.0. The highest BCUT2D eigenvalue weighted by Gasteiger charge is 2.30.